The smallest absolute Gasteiger partial charge is 0.121 e. The van der Waals surface area contributed by atoms with Gasteiger partial charge in [0.05, 0.1) is 0 Å². The molecule has 0 radical (unpaired) electrons. The second-order valence-electron chi connectivity index (χ2n) is 5.39. The fraction of sp³-hybridized carbons (Fsp3) is 0.0526. The fourth-order valence-electron chi connectivity index (χ4n) is 2.67. The number of anilines is 2. The normalized spacial score (nSPS) is 13.5. The molecule has 3 aromatic rings. The maximum atomic E-state index is 7.16. The van der Waals surface area contributed by atoms with Crippen LogP contribution in [-0.2, 0) is 4.87 Å². The highest BCUT2D eigenvalue weighted by atomic mass is 35.5. The highest BCUT2D eigenvalue weighted by molar-refractivity contribution is 6.35. The van der Waals surface area contributed by atoms with E-state index in [1.54, 1.807) is 12.1 Å². The third kappa shape index (κ3) is 2.88. The Kier molecular flexibility index (Phi) is 4.20. The van der Waals surface area contributed by atoms with Crippen molar-refractivity contribution < 1.29 is 0 Å². The van der Waals surface area contributed by atoms with Gasteiger partial charge < -0.3 is 11.5 Å². The number of nitrogens with two attached hydrogens (primary N) is 2. The summed E-state index contributed by atoms with van der Waals surface area (Å²) in [4.78, 5) is -0.917. The van der Waals surface area contributed by atoms with Crippen LogP contribution in [0, 0.1) is 0 Å². The summed E-state index contributed by atoms with van der Waals surface area (Å²) in [6.45, 7) is 0. The van der Waals surface area contributed by atoms with Gasteiger partial charge >= 0.3 is 0 Å². The van der Waals surface area contributed by atoms with E-state index in [0.29, 0.717) is 16.4 Å². The van der Waals surface area contributed by atoms with Gasteiger partial charge in [0.2, 0.25) is 0 Å². The average Bonchev–Trinajstić information content (AvgIpc) is 2.55. The van der Waals surface area contributed by atoms with Gasteiger partial charge in [-0.3, -0.25) is 0 Å². The average molecular weight is 343 g/mol. The molecule has 116 valence electrons. The molecule has 0 fully saturated rings. The first-order chi connectivity index (χ1) is 11.0. The van der Waals surface area contributed by atoms with E-state index in [0.717, 1.165) is 16.7 Å². The summed E-state index contributed by atoms with van der Waals surface area (Å²) in [5.41, 5.74) is 15.5. The molecule has 3 aromatic carbocycles. The van der Waals surface area contributed by atoms with Gasteiger partial charge in [0.25, 0.3) is 0 Å². The first-order valence-electron chi connectivity index (χ1n) is 7.18. The van der Waals surface area contributed by atoms with Crippen molar-refractivity contribution in [3.05, 3.63) is 94.5 Å². The zero-order valence-electron chi connectivity index (χ0n) is 12.3. The minimum Gasteiger partial charge on any atom is -0.399 e. The van der Waals surface area contributed by atoms with Gasteiger partial charge in [-0.1, -0.05) is 60.1 Å². The molecule has 1 unspecified atom stereocenters. The summed E-state index contributed by atoms with van der Waals surface area (Å²) in [5.74, 6) is 0. The van der Waals surface area contributed by atoms with E-state index >= 15 is 0 Å². The largest absolute Gasteiger partial charge is 0.399 e. The van der Waals surface area contributed by atoms with Crippen LogP contribution >= 0.6 is 23.2 Å². The third-order valence-electron chi connectivity index (χ3n) is 3.84. The fourth-order valence-corrected chi connectivity index (χ4v) is 3.46. The topological polar surface area (TPSA) is 52.0 Å². The SMILES string of the molecule is Nc1ccc(C(Cl)(c2ccccc2)c2ccc(N)cc2Cl)cc1. The Balaban J connectivity index is 2.28. The number of benzene rings is 3. The number of hydrogen-bond acceptors (Lipinski definition) is 2. The molecular formula is C19H16Cl2N2. The van der Waals surface area contributed by atoms with Crippen molar-refractivity contribution in [3.8, 4) is 0 Å². The molecule has 0 saturated carbocycles. The van der Waals surface area contributed by atoms with Crippen molar-refractivity contribution in [2.45, 2.75) is 4.87 Å². The molecule has 0 aliphatic carbocycles. The quantitative estimate of drug-likeness (QED) is 0.398. The van der Waals surface area contributed by atoms with Gasteiger partial charge in [0, 0.05) is 22.0 Å². The highest BCUT2D eigenvalue weighted by Gasteiger charge is 2.35. The number of halogens is 2. The van der Waals surface area contributed by atoms with Crippen molar-refractivity contribution in [2.24, 2.45) is 0 Å². The molecule has 23 heavy (non-hydrogen) atoms. The van der Waals surface area contributed by atoms with Crippen LogP contribution in [0.1, 0.15) is 16.7 Å². The number of nitrogen functional groups attached to an aromatic ring is 2. The van der Waals surface area contributed by atoms with Crippen LogP contribution in [0.3, 0.4) is 0 Å². The summed E-state index contributed by atoms with van der Waals surface area (Å²) >= 11 is 13.6. The van der Waals surface area contributed by atoms with E-state index in [1.807, 2.05) is 60.7 Å². The van der Waals surface area contributed by atoms with Crippen LogP contribution in [0.5, 0.6) is 0 Å². The Morgan fingerprint density at radius 1 is 0.696 bits per heavy atom. The summed E-state index contributed by atoms with van der Waals surface area (Å²) in [6.07, 6.45) is 0. The second-order valence-corrected chi connectivity index (χ2v) is 6.36. The van der Waals surface area contributed by atoms with Crippen LogP contribution in [0.25, 0.3) is 0 Å². The molecule has 0 saturated heterocycles. The van der Waals surface area contributed by atoms with E-state index in [1.165, 1.54) is 0 Å². The minimum absolute atomic E-state index is 0.528. The van der Waals surface area contributed by atoms with Crippen molar-refractivity contribution in [3.63, 3.8) is 0 Å². The Hall–Kier alpha value is -2.16. The lowest BCUT2D eigenvalue weighted by Gasteiger charge is -2.30. The van der Waals surface area contributed by atoms with Crippen molar-refractivity contribution in [1.82, 2.24) is 0 Å². The predicted octanol–water partition coefficient (Wildman–Crippen LogP) is 5.04. The zero-order chi connectivity index (χ0) is 16.4. The lowest BCUT2D eigenvalue weighted by molar-refractivity contribution is 0.880. The van der Waals surface area contributed by atoms with Gasteiger partial charge in [-0.25, -0.2) is 0 Å². The minimum atomic E-state index is -0.917. The van der Waals surface area contributed by atoms with Crippen LogP contribution in [0.15, 0.2) is 72.8 Å². The Labute approximate surface area is 145 Å². The maximum Gasteiger partial charge on any atom is 0.121 e. The van der Waals surface area contributed by atoms with E-state index < -0.39 is 4.87 Å². The standard InChI is InChI=1S/C19H16Cl2N2/c20-18-12-16(23)10-11-17(18)19(21,13-4-2-1-3-5-13)14-6-8-15(22)9-7-14/h1-12H,22-23H2. The zero-order valence-corrected chi connectivity index (χ0v) is 13.9. The molecule has 2 nitrogen and oxygen atoms in total. The molecule has 0 aliphatic heterocycles. The Morgan fingerprint density at radius 3 is 1.87 bits per heavy atom. The highest BCUT2D eigenvalue weighted by Crippen LogP contribution is 2.46. The molecule has 3 rings (SSSR count). The van der Waals surface area contributed by atoms with E-state index in [2.05, 4.69) is 0 Å². The molecule has 4 N–H and O–H groups in total. The molecule has 0 spiro atoms. The monoisotopic (exact) mass is 342 g/mol. The van der Waals surface area contributed by atoms with Gasteiger partial charge in [-0.05, 0) is 35.4 Å². The van der Waals surface area contributed by atoms with E-state index in [-0.39, 0.29) is 0 Å². The lowest BCUT2D eigenvalue weighted by Crippen LogP contribution is -2.23. The lowest BCUT2D eigenvalue weighted by atomic mass is 9.84. The third-order valence-corrected chi connectivity index (χ3v) is 4.80. The second kappa shape index (κ2) is 6.15. The first kappa shape index (κ1) is 15.7. The number of hydrogen-bond donors (Lipinski definition) is 2. The summed E-state index contributed by atoms with van der Waals surface area (Å²) in [6, 6.07) is 22.7. The van der Waals surface area contributed by atoms with Gasteiger partial charge in [0.15, 0.2) is 0 Å². The summed E-state index contributed by atoms with van der Waals surface area (Å²) in [7, 11) is 0. The Bertz CT molecular complexity index is 817. The van der Waals surface area contributed by atoms with E-state index in [9.17, 15) is 0 Å². The van der Waals surface area contributed by atoms with Crippen LogP contribution < -0.4 is 11.5 Å². The Morgan fingerprint density at radius 2 is 1.26 bits per heavy atom. The van der Waals surface area contributed by atoms with Gasteiger partial charge in [-0.15, -0.1) is 11.6 Å². The predicted molar refractivity (Wildman–Crippen MR) is 98.9 cm³/mol. The molecule has 0 amide bonds. The van der Waals surface area contributed by atoms with Crippen LogP contribution in [0.2, 0.25) is 5.02 Å². The van der Waals surface area contributed by atoms with Crippen molar-refractivity contribution >= 4 is 34.6 Å². The van der Waals surface area contributed by atoms with Gasteiger partial charge in [-0.2, -0.15) is 0 Å². The number of rotatable bonds is 3. The van der Waals surface area contributed by atoms with Crippen molar-refractivity contribution in [2.75, 3.05) is 11.5 Å². The summed E-state index contributed by atoms with van der Waals surface area (Å²) < 4.78 is 0. The van der Waals surface area contributed by atoms with Crippen LogP contribution in [-0.4, -0.2) is 0 Å². The van der Waals surface area contributed by atoms with Crippen LogP contribution in [0.4, 0.5) is 11.4 Å². The van der Waals surface area contributed by atoms with E-state index in [4.69, 9.17) is 34.7 Å². The molecule has 0 aliphatic rings. The maximum absolute atomic E-state index is 7.16. The molecule has 0 bridgehead atoms. The molecule has 1 atom stereocenters. The number of alkyl halides is 1. The molecular weight excluding hydrogens is 327 g/mol. The first-order valence-corrected chi connectivity index (χ1v) is 7.93. The summed E-state index contributed by atoms with van der Waals surface area (Å²) in [5, 5.41) is 0.528. The molecule has 0 aromatic heterocycles. The molecule has 4 heteroatoms. The van der Waals surface area contributed by atoms with Crippen molar-refractivity contribution in [1.29, 1.82) is 0 Å². The van der Waals surface area contributed by atoms with Gasteiger partial charge in [0.1, 0.15) is 4.87 Å². The molecule has 0 heterocycles.